The fourth-order valence-electron chi connectivity index (χ4n) is 6.52. The van der Waals surface area contributed by atoms with Crippen LogP contribution in [0.25, 0.3) is 21.5 Å². The largest absolute Gasteiger partial charge is 0.563 e. The molecule has 0 unspecified atom stereocenters. The predicted molar refractivity (Wildman–Crippen MR) is 203 cm³/mol. The summed E-state index contributed by atoms with van der Waals surface area (Å²) >= 11 is 51.0. The minimum Gasteiger partial charge on any atom is -0.386 e. The first-order valence-corrected chi connectivity index (χ1v) is 18.6. The highest BCUT2D eigenvalue weighted by Gasteiger charge is 2.32. The molecule has 0 radical (unpaired) electrons. The van der Waals surface area contributed by atoms with Crippen molar-refractivity contribution in [2.24, 2.45) is 30.0 Å². The Labute approximate surface area is 321 Å². The Balaban J connectivity index is 1.47. The SMILES string of the molecule is Clc1cc2c(cc1Cl)C1=Nc3c4cc(Cl)c(Cl)cc4c4[n]3[AlH][n]3c(c5cc(Cl)c(Cl)cc5c3=NC3=NC(=N4)c4cc(Cl)c(Cl)cc43)=NC2=N1. The van der Waals surface area contributed by atoms with E-state index >= 15 is 0 Å². The van der Waals surface area contributed by atoms with Gasteiger partial charge in [-0.25, -0.2) is 30.0 Å². The number of halogens is 8. The highest BCUT2D eigenvalue weighted by Crippen LogP contribution is 2.44. The number of amidine groups is 4. The molecule has 0 aliphatic carbocycles. The second kappa shape index (κ2) is 10.8. The lowest BCUT2D eigenvalue weighted by molar-refractivity contribution is 0.992. The third kappa shape index (κ3) is 4.46. The number of hydrogen-bond acceptors (Lipinski definition) is 6. The Bertz CT molecular complexity index is 2710. The van der Waals surface area contributed by atoms with Gasteiger partial charge in [-0.15, -0.1) is 0 Å². The lowest BCUT2D eigenvalue weighted by Gasteiger charge is -2.11. The van der Waals surface area contributed by atoms with Gasteiger partial charge in [0, 0.05) is 43.8 Å². The molecule has 236 valence electrons. The first kappa shape index (κ1) is 30.9. The summed E-state index contributed by atoms with van der Waals surface area (Å²) in [5, 5.41) is 5.64. The quantitative estimate of drug-likeness (QED) is 0.137. The predicted octanol–water partition coefficient (Wildman–Crippen LogP) is 9.43. The van der Waals surface area contributed by atoms with Gasteiger partial charge in [0.15, 0.2) is 23.3 Å². The van der Waals surface area contributed by atoms with Gasteiger partial charge >= 0.3 is 15.7 Å². The Hall–Kier alpha value is -2.91. The van der Waals surface area contributed by atoms with E-state index in [0.717, 1.165) is 0 Å². The molecule has 0 spiro atoms. The van der Waals surface area contributed by atoms with Crippen LogP contribution in [0.5, 0.6) is 0 Å². The molecule has 4 aliphatic rings. The maximum absolute atomic E-state index is 6.65. The summed E-state index contributed by atoms with van der Waals surface area (Å²) in [5.41, 5.74) is 3.76. The molecular weight excluding hydrogens is 807 g/mol. The number of nitrogens with zero attached hydrogens (tertiary/aromatic N) is 8. The Morgan fingerprint density at radius 1 is 0.347 bits per heavy atom. The van der Waals surface area contributed by atoms with Crippen molar-refractivity contribution in [1.29, 1.82) is 0 Å². The van der Waals surface area contributed by atoms with Crippen molar-refractivity contribution in [3.05, 3.63) is 122 Å². The van der Waals surface area contributed by atoms with Crippen LogP contribution in [-0.4, -0.2) is 46.1 Å². The van der Waals surface area contributed by atoms with Gasteiger partial charge in [-0.05, 0) is 48.5 Å². The van der Waals surface area contributed by atoms with Crippen LogP contribution in [-0.2, 0) is 0 Å². The monoisotopic (exact) mass is 812 g/mol. The average molecular weight is 816 g/mol. The molecule has 49 heavy (non-hydrogen) atoms. The molecule has 0 atom stereocenters. The molecule has 10 rings (SSSR count). The topological polar surface area (TPSA) is 84.0 Å². The second-order valence-electron chi connectivity index (χ2n) is 11.5. The van der Waals surface area contributed by atoms with Crippen molar-refractivity contribution in [3.8, 4) is 0 Å². The van der Waals surface area contributed by atoms with Crippen molar-refractivity contribution in [1.82, 2.24) is 7.10 Å². The molecule has 2 aromatic heterocycles. The smallest absolute Gasteiger partial charge is 0.386 e. The summed E-state index contributed by atoms with van der Waals surface area (Å²) in [6, 6.07) is 14.1. The summed E-state index contributed by atoms with van der Waals surface area (Å²) < 4.78 is 4.12. The van der Waals surface area contributed by atoms with Crippen molar-refractivity contribution in [3.63, 3.8) is 0 Å². The minimum atomic E-state index is -1.70. The number of hydrogen-bond donors (Lipinski definition) is 0. The molecule has 6 aromatic rings. The maximum atomic E-state index is 6.65. The molecule has 0 saturated heterocycles. The van der Waals surface area contributed by atoms with Crippen molar-refractivity contribution >= 4 is 165 Å². The molecule has 0 saturated carbocycles. The van der Waals surface area contributed by atoms with Gasteiger partial charge in [0.1, 0.15) is 22.6 Å². The highest BCUT2D eigenvalue weighted by molar-refractivity contribution is 6.46. The van der Waals surface area contributed by atoms with Gasteiger partial charge in [-0.3, -0.25) is 0 Å². The zero-order valence-electron chi connectivity index (χ0n) is 23.9. The third-order valence-corrected chi connectivity index (χ3v) is 13.4. The van der Waals surface area contributed by atoms with E-state index in [4.69, 9.17) is 123 Å². The molecule has 8 nitrogen and oxygen atoms in total. The van der Waals surface area contributed by atoms with Gasteiger partial charge in [0.25, 0.3) is 0 Å². The van der Waals surface area contributed by atoms with Crippen LogP contribution < -0.4 is 11.0 Å². The summed E-state index contributed by atoms with van der Waals surface area (Å²) in [7, 11) is 0. The van der Waals surface area contributed by atoms with E-state index in [9.17, 15) is 0 Å². The zero-order valence-corrected chi connectivity index (χ0v) is 31.4. The number of benzene rings is 4. The summed E-state index contributed by atoms with van der Waals surface area (Å²) in [6.45, 7) is 0. The lowest BCUT2D eigenvalue weighted by Crippen LogP contribution is -2.36. The molecule has 0 N–H and O–H groups in total. The Kier molecular flexibility index (Phi) is 6.81. The van der Waals surface area contributed by atoms with Crippen LogP contribution in [0.2, 0.25) is 40.2 Å². The first-order chi connectivity index (χ1) is 23.5. The fourth-order valence-corrected chi connectivity index (χ4v) is 9.62. The van der Waals surface area contributed by atoms with Crippen LogP contribution in [0.4, 0.5) is 11.6 Å². The van der Waals surface area contributed by atoms with Crippen LogP contribution >= 0.6 is 92.8 Å². The van der Waals surface area contributed by atoms with Gasteiger partial charge in [-0.1, -0.05) is 92.8 Å². The number of aliphatic imine (C=N–C) groups is 4. The molecule has 0 fully saturated rings. The minimum absolute atomic E-state index is 0.352. The molecular formula is C32H9AlCl8N8. The Morgan fingerprint density at radius 2 is 0.653 bits per heavy atom. The van der Waals surface area contributed by atoms with E-state index in [1.54, 1.807) is 48.5 Å². The lowest BCUT2D eigenvalue weighted by atomic mass is 10.1. The normalized spacial score (nSPS) is 15.1. The molecule has 4 aromatic carbocycles. The molecule has 6 heterocycles. The summed E-state index contributed by atoms with van der Waals surface area (Å²) in [6.07, 6.45) is 0. The maximum Gasteiger partial charge on any atom is 0.563 e. The third-order valence-electron chi connectivity index (χ3n) is 8.75. The van der Waals surface area contributed by atoms with Gasteiger partial charge in [-0.2, -0.15) is 0 Å². The van der Waals surface area contributed by atoms with E-state index in [0.29, 0.717) is 130 Å². The highest BCUT2D eigenvalue weighted by atomic mass is 35.5. The van der Waals surface area contributed by atoms with Crippen molar-refractivity contribution in [2.75, 3.05) is 0 Å². The average Bonchev–Trinajstić information content (AvgIpc) is 3.72. The fraction of sp³-hybridized carbons (Fsp3) is 0. The van der Waals surface area contributed by atoms with Crippen LogP contribution in [0.15, 0.2) is 78.5 Å². The van der Waals surface area contributed by atoms with E-state index < -0.39 is 15.7 Å². The molecule has 6 bridgehead atoms. The summed E-state index contributed by atoms with van der Waals surface area (Å²) in [4.78, 5) is 30.5. The zero-order chi connectivity index (χ0) is 33.6. The molecule has 17 heteroatoms. The Morgan fingerprint density at radius 3 is 1.02 bits per heavy atom. The second-order valence-corrected chi connectivity index (χ2v) is 16.3. The number of aromatic nitrogens is 2. The van der Waals surface area contributed by atoms with Crippen LogP contribution in [0.1, 0.15) is 22.3 Å². The van der Waals surface area contributed by atoms with Crippen LogP contribution in [0.3, 0.4) is 0 Å². The van der Waals surface area contributed by atoms with Crippen LogP contribution in [0, 0.1) is 0 Å². The number of rotatable bonds is 0. The van der Waals surface area contributed by atoms with E-state index in [2.05, 4.69) is 7.10 Å². The summed E-state index contributed by atoms with van der Waals surface area (Å²) in [5.74, 6) is 2.68. The molecule has 4 aliphatic heterocycles. The number of fused-ring (bicyclic) bond motifs is 14. The van der Waals surface area contributed by atoms with Gasteiger partial charge in [0.05, 0.1) is 40.2 Å². The first-order valence-electron chi connectivity index (χ1n) is 14.3. The van der Waals surface area contributed by atoms with Crippen molar-refractivity contribution < 1.29 is 0 Å². The standard InChI is InChI=1S/C32H8Cl8N8.Al.H/c33-17-1-9-10(2-18(17)34)26-41-25(9)45-27-11-3-19(35)20(36)4-12(11)29(42-27)47-31-15-7-23(39)24(40)8-16(15)32(44-31)48-30-14-6-22(38)21(37)5-13(14)28(43-30)46-26;;/h1-8H;;/q-2;+2;. The van der Waals surface area contributed by atoms with Gasteiger partial charge in [0.2, 0.25) is 0 Å². The van der Waals surface area contributed by atoms with E-state index in [1.165, 1.54) is 0 Å². The van der Waals surface area contributed by atoms with E-state index in [-0.39, 0.29) is 0 Å². The molecule has 0 amide bonds. The van der Waals surface area contributed by atoms with Crippen molar-refractivity contribution in [2.45, 2.75) is 0 Å². The van der Waals surface area contributed by atoms with Gasteiger partial charge < -0.3 is 7.10 Å². The van der Waals surface area contributed by atoms with E-state index in [1.807, 2.05) is 0 Å².